The minimum atomic E-state index is -1.02. The molecule has 0 amide bonds. The van der Waals surface area contributed by atoms with E-state index >= 15 is 0 Å². The molecule has 0 aromatic carbocycles. The van der Waals surface area contributed by atoms with E-state index in [1.54, 1.807) is 0 Å². The van der Waals surface area contributed by atoms with Crippen molar-refractivity contribution in [3.05, 3.63) is 12.7 Å². The Bertz CT molecular complexity index is 145. The van der Waals surface area contributed by atoms with Crippen LogP contribution in [0.1, 0.15) is 13.8 Å². The minimum absolute atomic E-state index is 0.833. The summed E-state index contributed by atoms with van der Waals surface area (Å²) >= 11 is 0. The summed E-state index contributed by atoms with van der Waals surface area (Å²) < 4.78 is 0. The molecule has 5 heteroatoms. The first-order valence-electron chi connectivity index (χ1n) is 3.72. The van der Waals surface area contributed by atoms with Crippen LogP contribution in [-0.2, 0) is 4.79 Å². The quantitative estimate of drug-likeness (QED) is 0.446. The molecule has 0 aliphatic heterocycles. The normalized spacial score (nSPS) is 16.1. The molecular weight excluding hydrogens is 176 g/mol. The maximum Gasteiger partial charge on any atom is 0.327 e. The fraction of sp³-hybridized carbons (Fsp3) is 0.625. The Hall–Kier alpha value is -0.910. The van der Waals surface area contributed by atoms with Gasteiger partial charge in [0.25, 0.3) is 0 Å². The first kappa shape index (κ1) is 14.6. The van der Waals surface area contributed by atoms with E-state index in [1.165, 1.54) is 13.8 Å². The predicted molar refractivity (Wildman–Crippen MR) is 47.2 cm³/mol. The molecule has 0 radical (unpaired) electrons. The molecule has 0 aromatic heterocycles. The highest BCUT2D eigenvalue weighted by Gasteiger charge is 2.15. The van der Waals surface area contributed by atoms with Gasteiger partial charge in [-0.2, -0.15) is 0 Å². The second-order valence-corrected chi connectivity index (χ2v) is 2.51. The monoisotopic (exact) mass is 192 g/mol. The van der Waals surface area contributed by atoms with Gasteiger partial charge in [0.05, 0.1) is 12.2 Å². The van der Waals surface area contributed by atoms with Crippen molar-refractivity contribution in [1.82, 2.24) is 0 Å². The van der Waals surface area contributed by atoms with Crippen LogP contribution in [0.15, 0.2) is 12.7 Å². The first-order chi connectivity index (χ1) is 5.82. The van der Waals surface area contributed by atoms with Gasteiger partial charge in [-0.3, -0.25) is 0 Å². The molecule has 2 atom stereocenters. The molecule has 0 aromatic rings. The summed E-state index contributed by atoms with van der Waals surface area (Å²) in [5.74, 6) is -0.981. The summed E-state index contributed by atoms with van der Waals surface area (Å²) in [5, 5.41) is 33.5. The lowest BCUT2D eigenvalue weighted by Gasteiger charge is -2.15. The third kappa shape index (κ3) is 11.1. The lowest BCUT2D eigenvalue weighted by Crippen LogP contribution is -2.33. The molecule has 0 heterocycles. The molecule has 5 nitrogen and oxygen atoms in total. The fourth-order valence-electron chi connectivity index (χ4n) is 0.403. The van der Waals surface area contributed by atoms with Gasteiger partial charge in [-0.1, -0.05) is 6.58 Å². The SMILES string of the molecule is C=CC(=O)O.CC(O)C(O)C(C)O. The molecule has 13 heavy (non-hydrogen) atoms. The topological polar surface area (TPSA) is 98.0 Å². The van der Waals surface area contributed by atoms with Gasteiger partial charge < -0.3 is 20.4 Å². The maximum absolute atomic E-state index is 9.25. The largest absolute Gasteiger partial charge is 0.478 e. The van der Waals surface area contributed by atoms with E-state index in [1.807, 2.05) is 0 Å². The van der Waals surface area contributed by atoms with Gasteiger partial charge >= 0.3 is 5.97 Å². The Morgan fingerprint density at radius 2 is 1.46 bits per heavy atom. The number of aliphatic carboxylic acids is 1. The molecule has 78 valence electrons. The van der Waals surface area contributed by atoms with E-state index in [9.17, 15) is 4.79 Å². The van der Waals surface area contributed by atoms with Crippen LogP contribution < -0.4 is 0 Å². The molecule has 2 unspecified atom stereocenters. The van der Waals surface area contributed by atoms with Crippen molar-refractivity contribution >= 4 is 5.97 Å². The zero-order valence-corrected chi connectivity index (χ0v) is 7.71. The second kappa shape index (κ2) is 7.72. The van der Waals surface area contributed by atoms with Crippen LogP contribution in [0.4, 0.5) is 0 Å². The Balaban J connectivity index is 0. The summed E-state index contributed by atoms with van der Waals surface area (Å²) in [6, 6.07) is 0. The number of rotatable bonds is 3. The van der Waals surface area contributed by atoms with Crippen LogP contribution in [-0.4, -0.2) is 44.7 Å². The fourth-order valence-corrected chi connectivity index (χ4v) is 0.403. The van der Waals surface area contributed by atoms with Crippen LogP contribution in [0, 0.1) is 0 Å². The number of aliphatic hydroxyl groups excluding tert-OH is 3. The molecule has 4 N–H and O–H groups in total. The van der Waals surface area contributed by atoms with Crippen molar-refractivity contribution in [3.8, 4) is 0 Å². The van der Waals surface area contributed by atoms with Gasteiger partial charge in [0.15, 0.2) is 0 Å². The molecule has 0 aliphatic carbocycles. The van der Waals surface area contributed by atoms with Crippen molar-refractivity contribution in [3.63, 3.8) is 0 Å². The van der Waals surface area contributed by atoms with Crippen LogP contribution in [0.3, 0.4) is 0 Å². The molecule has 0 saturated carbocycles. The van der Waals surface area contributed by atoms with Crippen molar-refractivity contribution in [1.29, 1.82) is 0 Å². The zero-order valence-electron chi connectivity index (χ0n) is 7.71. The number of carboxylic acids is 1. The van der Waals surface area contributed by atoms with Gasteiger partial charge in [-0.15, -0.1) is 0 Å². The third-order valence-corrected chi connectivity index (χ3v) is 1.16. The van der Waals surface area contributed by atoms with Crippen molar-refractivity contribution in [2.75, 3.05) is 0 Å². The smallest absolute Gasteiger partial charge is 0.327 e. The third-order valence-electron chi connectivity index (χ3n) is 1.16. The average molecular weight is 192 g/mol. The Morgan fingerprint density at radius 3 is 1.46 bits per heavy atom. The van der Waals surface area contributed by atoms with Crippen LogP contribution in [0.5, 0.6) is 0 Å². The lowest BCUT2D eigenvalue weighted by molar-refractivity contribution is -0.131. The minimum Gasteiger partial charge on any atom is -0.478 e. The van der Waals surface area contributed by atoms with Crippen molar-refractivity contribution in [2.24, 2.45) is 0 Å². The highest BCUT2D eigenvalue weighted by atomic mass is 16.4. The van der Waals surface area contributed by atoms with Crippen molar-refractivity contribution in [2.45, 2.75) is 32.2 Å². The van der Waals surface area contributed by atoms with Gasteiger partial charge in [-0.25, -0.2) is 4.79 Å². The predicted octanol–water partition coefficient (Wildman–Crippen LogP) is -0.634. The number of hydrogen-bond donors (Lipinski definition) is 4. The van der Waals surface area contributed by atoms with E-state index in [0.717, 1.165) is 6.08 Å². The summed E-state index contributed by atoms with van der Waals surface area (Å²) in [6.45, 7) is 5.82. The first-order valence-corrected chi connectivity index (χ1v) is 3.72. The van der Waals surface area contributed by atoms with Gasteiger partial charge in [0.1, 0.15) is 6.10 Å². The summed E-state index contributed by atoms with van der Waals surface area (Å²) in [7, 11) is 0. The van der Waals surface area contributed by atoms with Crippen LogP contribution >= 0.6 is 0 Å². The highest BCUT2D eigenvalue weighted by Crippen LogP contribution is 1.96. The molecule has 0 bridgehead atoms. The molecule has 0 rings (SSSR count). The van der Waals surface area contributed by atoms with E-state index < -0.39 is 24.3 Å². The van der Waals surface area contributed by atoms with E-state index in [4.69, 9.17) is 20.4 Å². The molecular formula is C8H16O5. The molecule has 0 saturated heterocycles. The van der Waals surface area contributed by atoms with Crippen LogP contribution in [0.25, 0.3) is 0 Å². The maximum atomic E-state index is 9.25. The van der Waals surface area contributed by atoms with Crippen LogP contribution in [0.2, 0.25) is 0 Å². The molecule has 0 aliphatic rings. The van der Waals surface area contributed by atoms with E-state index in [0.29, 0.717) is 0 Å². The number of carbonyl (C=O) groups is 1. The summed E-state index contributed by atoms with van der Waals surface area (Å²) in [4.78, 5) is 9.25. The number of hydrogen-bond acceptors (Lipinski definition) is 4. The van der Waals surface area contributed by atoms with Crippen molar-refractivity contribution < 1.29 is 25.2 Å². The average Bonchev–Trinajstić information content (AvgIpc) is 2.03. The summed E-state index contributed by atoms with van der Waals surface area (Å²) in [6.07, 6.45) is -1.89. The zero-order chi connectivity index (χ0) is 11.0. The second-order valence-electron chi connectivity index (χ2n) is 2.51. The Morgan fingerprint density at radius 1 is 1.23 bits per heavy atom. The number of aliphatic hydroxyl groups is 3. The lowest BCUT2D eigenvalue weighted by atomic mass is 10.1. The molecule has 0 spiro atoms. The van der Waals surface area contributed by atoms with Gasteiger partial charge in [-0.05, 0) is 13.8 Å². The van der Waals surface area contributed by atoms with Gasteiger partial charge in [0, 0.05) is 6.08 Å². The van der Waals surface area contributed by atoms with Gasteiger partial charge in [0.2, 0.25) is 0 Å². The highest BCUT2D eigenvalue weighted by molar-refractivity contribution is 5.78. The molecule has 0 fully saturated rings. The summed E-state index contributed by atoms with van der Waals surface area (Å²) in [5.41, 5.74) is 0. The Labute approximate surface area is 76.9 Å². The number of carboxylic acid groups (broad SMARTS) is 1. The van der Waals surface area contributed by atoms with E-state index in [2.05, 4.69) is 6.58 Å². The Kier molecular flexibility index (Phi) is 8.68. The van der Waals surface area contributed by atoms with E-state index in [-0.39, 0.29) is 0 Å². The standard InChI is InChI=1S/C5H12O3.C3H4O2/c1-3(6)5(8)4(2)7;1-2-3(4)5/h3-8H,1-2H3;2H,1H2,(H,4,5).